The Bertz CT molecular complexity index is 1370. The van der Waals surface area contributed by atoms with Gasteiger partial charge in [-0.2, -0.15) is 0 Å². The molecule has 0 aliphatic carbocycles. The van der Waals surface area contributed by atoms with Crippen LogP contribution in [-0.2, 0) is 28.3 Å². The Balaban J connectivity index is 2.05. The van der Waals surface area contributed by atoms with Crippen LogP contribution in [0.25, 0.3) is 0 Å². The second-order valence-electron chi connectivity index (χ2n) is 16.4. The van der Waals surface area contributed by atoms with Crippen molar-refractivity contribution in [2.45, 2.75) is 174 Å². The van der Waals surface area contributed by atoms with Crippen LogP contribution in [0.3, 0.4) is 0 Å². The minimum atomic E-state index is -2.66. The molecule has 14 heteroatoms. The summed E-state index contributed by atoms with van der Waals surface area (Å²) in [5.74, 6) is -1.04. The summed E-state index contributed by atoms with van der Waals surface area (Å²) in [5, 5.41) is 13.4. The van der Waals surface area contributed by atoms with Crippen LogP contribution >= 0.6 is 7.26 Å². The molecule has 54 heavy (non-hydrogen) atoms. The van der Waals surface area contributed by atoms with Gasteiger partial charge < -0.3 is 14.3 Å². The number of Topliss-reactive ketones (excluding diaryl/α,β-unsaturated/α-hetero) is 1. The van der Waals surface area contributed by atoms with Crippen LogP contribution in [0.1, 0.15) is 139 Å². The Kier molecular flexibility index (Phi) is 21.1. The predicted octanol–water partition coefficient (Wildman–Crippen LogP) is 6.68. The van der Waals surface area contributed by atoms with E-state index in [1.54, 1.807) is 0 Å². The van der Waals surface area contributed by atoms with E-state index in [2.05, 4.69) is 72.6 Å². The number of rotatable bonds is 27. The van der Waals surface area contributed by atoms with E-state index < -0.39 is 63.9 Å². The number of esters is 1. The number of aliphatic hydroxyl groups excluding tert-OH is 1. The van der Waals surface area contributed by atoms with E-state index in [4.69, 9.17) is 13.9 Å². The predicted molar refractivity (Wildman–Crippen MR) is 222 cm³/mol. The van der Waals surface area contributed by atoms with Gasteiger partial charge in [0, 0.05) is 12.3 Å². The van der Waals surface area contributed by atoms with Gasteiger partial charge >= 0.3 is 178 Å². The molecule has 3 N–H and O–H groups in total. The molecule has 0 radical (unpaired) electrons. The monoisotopic (exact) mass is 799 g/mol. The zero-order valence-electron chi connectivity index (χ0n) is 34.9. The van der Waals surface area contributed by atoms with Crippen LogP contribution in [-0.4, -0.2) is 96.7 Å². The molecule has 1 saturated heterocycles. The Hall–Kier alpha value is -2.18. The third-order valence-corrected chi connectivity index (χ3v) is 23.3. The molecular formula is C40H74N3O9PSi. The second-order valence-corrected chi connectivity index (χ2v) is 26.8. The van der Waals surface area contributed by atoms with Gasteiger partial charge in [-0.05, 0) is 16.6 Å². The van der Waals surface area contributed by atoms with Crippen molar-refractivity contribution in [2.24, 2.45) is 0 Å². The molecule has 1 fully saturated rings. The van der Waals surface area contributed by atoms with E-state index in [-0.39, 0.29) is 54.0 Å². The number of hydrogen-bond donors (Lipinski definition) is 3. The number of ether oxygens (including phenoxy) is 2. The first kappa shape index (κ1) is 48.0. The molecule has 1 aliphatic heterocycles. The number of aromatic nitrogens is 2. The molecule has 1 aromatic rings. The smallest absolute Gasteiger partial charge is 0.405 e. The average Bonchev–Trinajstić information content (AvgIpc) is 3.45. The number of amides is 1. The SMILES string of the molecule is CCCC[PH](CCCC)(CCCC)CCCNC(=O)CCC(=O)CCC(=O)O[C@@H]1C(O[Si](C(C)C)(C(C)C)C(C)C)[C@H](n2ccc(=O)[nH]c2=O)O[C@@H]1CO. The van der Waals surface area contributed by atoms with Gasteiger partial charge in [0.25, 0.3) is 5.56 Å². The van der Waals surface area contributed by atoms with Crippen molar-refractivity contribution in [3.05, 3.63) is 33.1 Å². The van der Waals surface area contributed by atoms with Crippen molar-refractivity contribution in [1.82, 2.24) is 14.9 Å². The molecule has 4 atom stereocenters. The molecule has 1 amide bonds. The number of unbranched alkanes of at least 4 members (excludes halogenated alkanes) is 3. The van der Waals surface area contributed by atoms with E-state index in [1.165, 1.54) is 80.0 Å². The number of aliphatic hydroxyl groups is 1. The molecular weight excluding hydrogens is 726 g/mol. The molecule has 2 heterocycles. The average molecular weight is 800 g/mol. The topological polar surface area (TPSA) is 166 Å². The number of carbonyl (C=O) groups is 3. The van der Waals surface area contributed by atoms with Crippen LogP contribution in [0.2, 0.25) is 16.6 Å². The maximum atomic E-state index is 13.3. The van der Waals surface area contributed by atoms with Gasteiger partial charge in [0.15, 0.2) is 12.3 Å². The van der Waals surface area contributed by atoms with E-state index in [9.17, 15) is 29.1 Å². The molecule has 312 valence electrons. The fourth-order valence-electron chi connectivity index (χ4n) is 8.63. The number of ketones is 1. The fourth-order valence-corrected chi connectivity index (χ4v) is 19.9. The van der Waals surface area contributed by atoms with Crippen molar-refractivity contribution in [1.29, 1.82) is 0 Å². The van der Waals surface area contributed by atoms with Gasteiger partial charge in [0.1, 0.15) is 12.2 Å². The van der Waals surface area contributed by atoms with E-state index in [0.29, 0.717) is 6.54 Å². The Morgan fingerprint density at radius 3 is 1.89 bits per heavy atom. The minimum absolute atomic E-state index is 0.0291. The quantitative estimate of drug-likeness (QED) is 0.0381. The first-order chi connectivity index (χ1) is 25.6. The van der Waals surface area contributed by atoms with Crippen LogP contribution in [0.5, 0.6) is 0 Å². The van der Waals surface area contributed by atoms with Crippen LogP contribution in [0.4, 0.5) is 0 Å². The summed E-state index contributed by atoms with van der Waals surface area (Å²) in [6.45, 7) is 19.5. The first-order valence-electron chi connectivity index (χ1n) is 20.8. The van der Waals surface area contributed by atoms with E-state index >= 15 is 0 Å². The number of carbonyl (C=O) groups excluding carboxylic acids is 3. The van der Waals surface area contributed by atoms with Crippen molar-refractivity contribution in [2.75, 3.05) is 37.8 Å². The van der Waals surface area contributed by atoms with Gasteiger partial charge in [-0.3, -0.25) is 14.3 Å². The second kappa shape index (κ2) is 23.8. The summed E-state index contributed by atoms with van der Waals surface area (Å²) in [6.07, 6.45) is 10.8. The molecule has 1 aliphatic rings. The van der Waals surface area contributed by atoms with Crippen LogP contribution in [0.15, 0.2) is 21.9 Å². The number of aromatic amines is 1. The minimum Gasteiger partial charge on any atom is -0.405 e. The zero-order valence-corrected chi connectivity index (χ0v) is 36.9. The molecule has 12 nitrogen and oxygen atoms in total. The fraction of sp³-hybridized carbons (Fsp3) is 0.825. The molecule has 1 unspecified atom stereocenters. The number of nitrogens with zero attached hydrogens (tertiary/aromatic N) is 1. The molecule has 2 rings (SSSR count). The molecule has 0 aromatic carbocycles. The normalized spacial score (nSPS) is 19.5. The number of nitrogens with one attached hydrogen (secondary N) is 2. The maximum absolute atomic E-state index is 13.3. The van der Waals surface area contributed by atoms with Gasteiger partial charge in [-0.1, -0.05) is 41.5 Å². The Morgan fingerprint density at radius 1 is 0.852 bits per heavy atom. The summed E-state index contributed by atoms with van der Waals surface area (Å²) in [7, 11) is -4.03. The summed E-state index contributed by atoms with van der Waals surface area (Å²) < 4.78 is 20.3. The van der Waals surface area contributed by atoms with Crippen molar-refractivity contribution in [3.63, 3.8) is 0 Å². The van der Waals surface area contributed by atoms with Crippen LogP contribution in [0, 0.1) is 0 Å². The van der Waals surface area contributed by atoms with Crippen molar-refractivity contribution in [3.8, 4) is 0 Å². The summed E-state index contributed by atoms with van der Waals surface area (Å²) in [5.41, 5.74) is -0.865. The van der Waals surface area contributed by atoms with Crippen molar-refractivity contribution >= 4 is 33.2 Å². The summed E-state index contributed by atoms with van der Waals surface area (Å²) in [4.78, 5) is 65.8. The number of hydrogen-bond acceptors (Lipinski definition) is 9. The van der Waals surface area contributed by atoms with Gasteiger partial charge in [0.2, 0.25) is 8.32 Å². The molecule has 0 saturated carbocycles. The molecule has 1 aromatic heterocycles. The van der Waals surface area contributed by atoms with E-state index in [0.717, 1.165) is 6.42 Å². The van der Waals surface area contributed by atoms with Crippen LogP contribution < -0.4 is 16.6 Å². The van der Waals surface area contributed by atoms with Crippen molar-refractivity contribution < 1.29 is 33.4 Å². The zero-order chi connectivity index (χ0) is 40.5. The number of H-pyrrole nitrogens is 1. The summed E-state index contributed by atoms with van der Waals surface area (Å²) >= 11 is 0. The summed E-state index contributed by atoms with van der Waals surface area (Å²) in [6, 6.07) is 1.20. The molecule has 0 spiro atoms. The standard InChI is InChI=1S/C40H74N3O9PSi/c1-10-13-24-53(25-14-11-2,26-15-12-3)27-16-22-41-34(46)19-17-32(45)18-20-36(48)51-37-33(28-44)50-39(43-23-21-35(47)42-40(43)49)38(37)52-54(29(4)5,30(6)7)31(8)9/h21,23,29-31,33,37-39,44,53H,10-20,22,24-28H2,1-9H3,(H,41,46)(H,42,47,49)/t33-,37+,38?,39-/m1/s1. The molecule has 0 bridgehead atoms. The third kappa shape index (κ3) is 13.8. The first-order valence-corrected chi connectivity index (χ1v) is 25.8. The van der Waals surface area contributed by atoms with Gasteiger partial charge in [0.05, 0.1) is 6.61 Å². The Morgan fingerprint density at radius 2 is 1.39 bits per heavy atom. The Labute approximate surface area is 325 Å². The third-order valence-electron chi connectivity index (χ3n) is 11.5. The van der Waals surface area contributed by atoms with E-state index in [1.807, 2.05) is 0 Å². The van der Waals surface area contributed by atoms with Gasteiger partial charge in [-0.15, -0.1) is 0 Å². The van der Waals surface area contributed by atoms with Gasteiger partial charge in [-0.25, -0.2) is 4.79 Å².